The van der Waals surface area contributed by atoms with Crippen LogP contribution < -0.4 is 26.6 Å². The Morgan fingerprint density at radius 3 is 2.09 bits per heavy atom. The number of nitrogens with two attached hydrogens (primary N) is 1. The van der Waals surface area contributed by atoms with Gasteiger partial charge in [-0.25, -0.2) is 4.39 Å². The molecule has 4 heterocycles. The predicted octanol–water partition coefficient (Wildman–Crippen LogP) is 6.29. The summed E-state index contributed by atoms with van der Waals surface area (Å²) in [5, 5.41) is 8.64. The van der Waals surface area contributed by atoms with Gasteiger partial charge in [0.15, 0.2) is 5.54 Å². The summed E-state index contributed by atoms with van der Waals surface area (Å²) in [5.41, 5.74) is 9.06. The van der Waals surface area contributed by atoms with Crippen molar-refractivity contribution in [2.24, 2.45) is 11.7 Å². The first-order valence-corrected chi connectivity index (χ1v) is 22.7. The number of rotatable bonds is 15. The van der Waals surface area contributed by atoms with Crippen LogP contribution in [0.2, 0.25) is 0 Å². The van der Waals surface area contributed by atoms with Gasteiger partial charge in [0.05, 0.1) is 23.4 Å². The number of nitrogens with one attached hydrogen (secondary N) is 3. The summed E-state index contributed by atoms with van der Waals surface area (Å²) in [6.45, 7) is 5.55. The van der Waals surface area contributed by atoms with Crippen molar-refractivity contribution in [3.63, 3.8) is 0 Å². The van der Waals surface area contributed by atoms with E-state index in [1.54, 1.807) is 48.7 Å². The lowest BCUT2D eigenvalue weighted by molar-refractivity contribution is -0.138. The smallest absolute Gasteiger partial charge is 0.374 e. The summed E-state index contributed by atoms with van der Waals surface area (Å²) in [5.74, 6) is -1.18. The lowest BCUT2D eigenvalue weighted by Gasteiger charge is -2.39. The van der Waals surface area contributed by atoms with Crippen LogP contribution in [0.15, 0.2) is 115 Å². The largest absolute Gasteiger partial charge is 0.416 e. The third-order valence-corrected chi connectivity index (χ3v) is 13.2. The highest BCUT2D eigenvalue weighted by atomic mass is 19.4. The third kappa shape index (κ3) is 11.1. The van der Waals surface area contributed by atoms with Gasteiger partial charge < -0.3 is 20.9 Å². The molecule has 4 amide bonds. The zero-order chi connectivity index (χ0) is 47.1. The van der Waals surface area contributed by atoms with Crippen LogP contribution in [0.4, 0.5) is 28.9 Å². The molecule has 1 aromatic heterocycles. The molecule has 3 aliphatic rings. The van der Waals surface area contributed by atoms with Crippen molar-refractivity contribution in [1.82, 2.24) is 25.4 Å². The van der Waals surface area contributed by atoms with Crippen molar-refractivity contribution in [2.75, 3.05) is 62.6 Å². The van der Waals surface area contributed by atoms with Crippen LogP contribution in [0.3, 0.4) is 0 Å². The van der Waals surface area contributed by atoms with Gasteiger partial charge in [0.2, 0.25) is 23.6 Å². The molecule has 0 bridgehead atoms. The van der Waals surface area contributed by atoms with E-state index in [1.807, 2.05) is 46.2 Å². The number of primary amides is 1. The van der Waals surface area contributed by atoms with E-state index in [0.29, 0.717) is 73.1 Å². The number of imide groups is 1. The molecule has 350 valence electrons. The van der Waals surface area contributed by atoms with Gasteiger partial charge >= 0.3 is 6.18 Å². The van der Waals surface area contributed by atoms with Crippen LogP contribution >= 0.6 is 0 Å². The monoisotopic (exact) mass is 918 g/mol. The van der Waals surface area contributed by atoms with Crippen LogP contribution in [0.5, 0.6) is 0 Å². The molecule has 0 aliphatic carbocycles. The highest BCUT2D eigenvalue weighted by molar-refractivity contribution is 6.01. The van der Waals surface area contributed by atoms with Gasteiger partial charge in [-0.2, -0.15) is 13.2 Å². The fraction of sp³-hybridized carbons (Fsp3) is 0.353. The van der Waals surface area contributed by atoms with Gasteiger partial charge in [-0.1, -0.05) is 72.8 Å². The average molecular weight is 919 g/mol. The van der Waals surface area contributed by atoms with Gasteiger partial charge in [0.25, 0.3) is 0 Å². The zero-order valence-corrected chi connectivity index (χ0v) is 37.0. The summed E-state index contributed by atoms with van der Waals surface area (Å²) in [6.07, 6.45) is 0.302. The van der Waals surface area contributed by atoms with E-state index in [1.165, 1.54) is 18.2 Å². The number of hydrogen-bond acceptors (Lipinski definition) is 9. The molecule has 5 aromatic rings. The summed E-state index contributed by atoms with van der Waals surface area (Å²) < 4.78 is 54.5. The van der Waals surface area contributed by atoms with E-state index in [-0.39, 0.29) is 37.0 Å². The number of aromatic nitrogens is 1. The molecule has 0 spiro atoms. The second kappa shape index (κ2) is 20.5. The number of carbonyl (C=O) groups excluding carboxylic acids is 4. The molecule has 12 nitrogen and oxygen atoms in total. The van der Waals surface area contributed by atoms with E-state index in [4.69, 9.17) is 10.7 Å². The number of hydrogen-bond donors (Lipinski definition) is 4. The number of anilines is 2. The van der Waals surface area contributed by atoms with Crippen LogP contribution in [-0.2, 0) is 43.7 Å². The van der Waals surface area contributed by atoms with Gasteiger partial charge in [-0.3, -0.25) is 39.7 Å². The van der Waals surface area contributed by atoms with Gasteiger partial charge in [-0.05, 0) is 90.3 Å². The number of piperazine rings is 1. The van der Waals surface area contributed by atoms with Crippen molar-refractivity contribution < 1.29 is 36.7 Å². The molecular formula is C51H54F4N8O4. The summed E-state index contributed by atoms with van der Waals surface area (Å²) in [4.78, 5) is 61.5. The van der Waals surface area contributed by atoms with Gasteiger partial charge in [-0.15, -0.1) is 0 Å². The molecule has 0 radical (unpaired) electrons. The number of piperidine rings is 2. The van der Waals surface area contributed by atoms with E-state index in [0.717, 1.165) is 61.3 Å². The molecule has 5 N–H and O–H groups in total. The molecule has 3 saturated heterocycles. The van der Waals surface area contributed by atoms with Crippen LogP contribution in [0.25, 0.3) is 11.1 Å². The molecule has 0 saturated carbocycles. The Balaban J connectivity index is 0.804. The molecule has 16 heteroatoms. The normalized spacial score (nSPS) is 18.3. The number of pyridine rings is 1. The van der Waals surface area contributed by atoms with Crippen LogP contribution in [0.1, 0.15) is 53.6 Å². The maximum atomic E-state index is 15.2. The highest BCUT2D eigenvalue weighted by Gasteiger charge is 2.41. The first kappa shape index (κ1) is 46.9. The minimum Gasteiger partial charge on any atom is -0.374 e. The van der Waals surface area contributed by atoms with Crippen molar-refractivity contribution in [3.8, 4) is 11.1 Å². The Morgan fingerprint density at radius 2 is 1.46 bits per heavy atom. The molecular weight excluding hydrogens is 865 g/mol. The molecule has 2 atom stereocenters. The minimum absolute atomic E-state index is 0.0840. The lowest BCUT2D eigenvalue weighted by atomic mass is 9.84. The maximum Gasteiger partial charge on any atom is 0.416 e. The highest BCUT2D eigenvalue weighted by Crippen LogP contribution is 2.32. The molecule has 2 unspecified atom stereocenters. The second-order valence-corrected chi connectivity index (χ2v) is 17.6. The van der Waals surface area contributed by atoms with E-state index in [9.17, 15) is 32.3 Å². The molecule has 8 rings (SSSR count). The summed E-state index contributed by atoms with van der Waals surface area (Å²) in [6, 6.07) is 29.6. The minimum atomic E-state index is -4.43. The number of alkyl halides is 3. The maximum absolute atomic E-state index is 15.2. The topological polar surface area (TPSA) is 153 Å². The number of nitrogens with zero attached hydrogens (tertiary/aromatic N) is 4. The fourth-order valence-electron chi connectivity index (χ4n) is 9.31. The van der Waals surface area contributed by atoms with Crippen molar-refractivity contribution in [2.45, 2.75) is 56.3 Å². The van der Waals surface area contributed by atoms with Crippen molar-refractivity contribution >= 4 is 35.0 Å². The van der Waals surface area contributed by atoms with Crippen LogP contribution in [-0.4, -0.2) is 96.8 Å². The Morgan fingerprint density at radius 1 is 0.776 bits per heavy atom. The predicted molar refractivity (Wildman–Crippen MR) is 247 cm³/mol. The van der Waals surface area contributed by atoms with E-state index >= 15 is 4.39 Å². The van der Waals surface area contributed by atoms with Crippen molar-refractivity contribution in [3.05, 3.63) is 149 Å². The lowest BCUT2D eigenvalue weighted by Crippen LogP contribution is -2.54. The fourth-order valence-corrected chi connectivity index (χ4v) is 9.31. The third-order valence-electron chi connectivity index (χ3n) is 13.2. The molecule has 3 aliphatic heterocycles. The standard InChI is InChI=1S/C51H54F4N8O4/c52-42-31-41(59-43-16-19-46(64)60-48(43)66)15-17-44(42)62-28-26-61(27-29-62)33-36-21-24-63(25-22-36)47(65)30-35-6-10-37(11-7-35)38-12-18-45(57-32-38)50(49(56)67,39-4-2-1-3-5-39)58-23-20-34-8-13-40(14-9-34)51(53,54)55/h1-15,17-18,31-32,36,43,58-59H,16,19-30,33H2,(H2,56,67)(H,60,64,66). The number of likely N-dealkylation sites (tertiary alicyclic amines) is 1. The van der Waals surface area contributed by atoms with Gasteiger partial charge in [0.1, 0.15) is 11.9 Å². The second-order valence-electron chi connectivity index (χ2n) is 17.6. The summed E-state index contributed by atoms with van der Waals surface area (Å²) >= 11 is 0. The Bertz CT molecular complexity index is 2530. The number of halogens is 4. The number of amides is 4. The number of carbonyl (C=O) groups is 4. The first-order valence-electron chi connectivity index (χ1n) is 22.7. The first-order chi connectivity index (χ1) is 32.2. The van der Waals surface area contributed by atoms with Crippen LogP contribution in [0, 0.1) is 11.7 Å². The van der Waals surface area contributed by atoms with Gasteiger partial charge in [0, 0.05) is 76.2 Å². The molecule has 67 heavy (non-hydrogen) atoms. The van der Waals surface area contributed by atoms with Crippen molar-refractivity contribution in [1.29, 1.82) is 0 Å². The summed E-state index contributed by atoms with van der Waals surface area (Å²) in [7, 11) is 0. The van der Waals surface area contributed by atoms with E-state index in [2.05, 4.69) is 20.9 Å². The average Bonchev–Trinajstić information content (AvgIpc) is 3.32. The quantitative estimate of drug-likeness (QED) is 0.0702. The zero-order valence-electron chi connectivity index (χ0n) is 37.0. The SMILES string of the molecule is NC(=O)C(NCCc1ccc(C(F)(F)F)cc1)(c1ccccc1)c1ccc(-c2ccc(CC(=O)N3CCC(CN4CCN(c5ccc(NC6CCC(=O)NC6=O)cc5F)CC4)CC3)cc2)cn1. The Labute approximate surface area is 386 Å². The molecule has 4 aromatic carbocycles. The Hall–Kier alpha value is -6.65. The Kier molecular flexibility index (Phi) is 14.3. The number of benzene rings is 4. The molecule has 3 fully saturated rings. The van der Waals surface area contributed by atoms with E-state index < -0.39 is 35.1 Å².